The Morgan fingerprint density at radius 3 is 2.59 bits per heavy atom. The van der Waals surface area contributed by atoms with Crippen LogP contribution in [0.3, 0.4) is 0 Å². The van der Waals surface area contributed by atoms with Crippen molar-refractivity contribution in [2.24, 2.45) is 0 Å². The zero-order valence-corrected chi connectivity index (χ0v) is 15.9. The largest absolute Gasteiger partial charge is 0.491 e. The number of carboxylic acid groups (broad SMARTS) is 1. The van der Waals surface area contributed by atoms with Crippen LogP contribution in [0.25, 0.3) is 0 Å². The van der Waals surface area contributed by atoms with Crippen LogP contribution in [0.1, 0.15) is 24.0 Å². The van der Waals surface area contributed by atoms with E-state index in [-0.39, 0.29) is 37.5 Å². The number of benzene rings is 1. The number of carbonyl (C=O) groups is 3. The molecule has 1 unspecified atom stereocenters. The number of piperazine rings is 1. The predicted molar refractivity (Wildman–Crippen MR) is 96.9 cm³/mol. The third-order valence-corrected chi connectivity index (χ3v) is 5.44. The minimum Gasteiger partial charge on any atom is -0.491 e. The first-order valence-electron chi connectivity index (χ1n) is 8.81. The van der Waals surface area contributed by atoms with Crippen LogP contribution >= 0.6 is 11.6 Å². The smallest absolute Gasteiger partial charge is 0.317 e. The van der Waals surface area contributed by atoms with Crippen molar-refractivity contribution in [3.05, 3.63) is 22.2 Å². The summed E-state index contributed by atoms with van der Waals surface area (Å²) in [6, 6.07) is 1.45. The van der Waals surface area contributed by atoms with Crippen LogP contribution in [0, 0.1) is 0 Å². The molecular weight excluding hydrogens is 374 g/mol. The number of halogens is 1. The summed E-state index contributed by atoms with van der Waals surface area (Å²) in [4.78, 5) is 38.7. The molecule has 1 aliphatic heterocycles. The molecule has 0 radical (unpaired) electrons. The standard InChI is InChI=1S/C18H22ClN3O5/c1-27-18-11-4-2-3-10(5-12(11)13(19)6-14(18)20)22-15(23)7-21(8-16(22)24)9-17(25)26/h6,10H,2-5,7-9,20H2,1H3,(H,25,26)/p+1. The molecule has 8 nitrogen and oxygen atoms in total. The van der Waals surface area contributed by atoms with Crippen LogP contribution in [-0.4, -0.2) is 65.5 Å². The van der Waals surface area contributed by atoms with Crippen molar-refractivity contribution < 1.29 is 30.0 Å². The van der Waals surface area contributed by atoms with E-state index in [1.165, 1.54) is 9.80 Å². The molecule has 146 valence electrons. The number of imide groups is 1. The zero-order chi connectivity index (χ0) is 19.7. The zero-order valence-electron chi connectivity index (χ0n) is 15.2. The van der Waals surface area contributed by atoms with Gasteiger partial charge in [0, 0.05) is 17.7 Å². The van der Waals surface area contributed by atoms with Crippen molar-refractivity contribution in [1.29, 1.82) is 0 Å². The number of nitrogens with zero attached hydrogens (tertiary/aromatic N) is 2. The van der Waals surface area contributed by atoms with Crippen molar-refractivity contribution in [3.63, 3.8) is 0 Å². The number of quaternary nitrogens is 1. The molecule has 1 saturated heterocycles. The summed E-state index contributed by atoms with van der Waals surface area (Å²) < 4.78 is 5.50. The summed E-state index contributed by atoms with van der Waals surface area (Å²) in [6.07, 6.45) is 2.64. The summed E-state index contributed by atoms with van der Waals surface area (Å²) in [6.45, 7) is -0.472. The minimum absolute atomic E-state index is 0.0731. The second-order valence-electron chi connectivity index (χ2n) is 6.95. The summed E-state index contributed by atoms with van der Waals surface area (Å²) in [7, 11) is 1.59. The molecular formula is C18H23ClN3O5+. The molecule has 4 N–H and O–H groups in total. The maximum absolute atomic E-state index is 12.6. The van der Waals surface area contributed by atoms with E-state index >= 15 is 0 Å². The number of methoxy groups -OCH3 is 1. The fourth-order valence-corrected chi connectivity index (χ4v) is 4.36. The lowest BCUT2D eigenvalue weighted by Crippen LogP contribution is -2.58. The van der Waals surface area contributed by atoms with Crippen molar-refractivity contribution in [2.45, 2.75) is 31.7 Å². The van der Waals surface area contributed by atoms with Crippen LogP contribution in [-0.2, 0) is 27.2 Å². The molecule has 9 heteroatoms. The Balaban J connectivity index is 1.86. The van der Waals surface area contributed by atoms with Crippen molar-refractivity contribution >= 4 is 35.1 Å². The van der Waals surface area contributed by atoms with E-state index in [4.69, 9.17) is 21.4 Å². The van der Waals surface area contributed by atoms with Gasteiger partial charge in [-0.3, -0.25) is 24.2 Å². The highest BCUT2D eigenvalue weighted by atomic mass is 35.5. The lowest BCUT2D eigenvalue weighted by atomic mass is 9.98. The Kier molecular flexibility index (Phi) is 5.69. The minimum atomic E-state index is -1.06. The Labute approximate surface area is 161 Å². The predicted octanol–water partition coefficient (Wildman–Crippen LogP) is 0.225. The van der Waals surface area contributed by atoms with Gasteiger partial charge in [0.1, 0.15) is 0 Å². The van der Waals surface area contributed by atoms with Crippen molar-refractivity contribution in [2.75, 3.05) is 26.7 Å². The fraction of sp³-hybridized carbons (Fsp3) is 0.500. The highest BCUT2D eigenvalue weighted by Gasteiger charge is 2.38. The second kappa shape index (κ2) is 7.84. The fourth-order valence-electron chi connectivity index (χ4n) is 4.03. The van der Waals surface area contributed by atoms with E-state index < -0.39 is 5.97 Å². The van der Waals surface area contributed by atoms with Gasteiger partial charge in [-0.25, -0.2) is 0 Å². The Hall–Kier alpha value is -2.16. The number of ether oxygens (including phenoxy) is 1. The summed E-state index contributed by atoms with van der Waals surface area (Å²) in [5, 5.41) is 9.45. The molecule has 1 atom stereocenters. The van der Waals surface area contributed by atoms with Crippen molar-refractivity contribution in [1.82, 2.24) is 9.80 Å². The SMILES string of the molecule is COc1c([NH3+])cc(Cl)c2c1CCCC(N1C(=O)CN(CC(=O)O)CC1=O)C2. The number of hydrogen-bond acceptors (Lipinski definition) is 5. The summed E-state index contributed by atoms with van der Waals surface area (Å²) in [5.41, 5.74) is 6.57. The summed E-state index contributed by atoms with van der Waals surface area (Å²) in [5.74, 6) is -1.08. The molecule has 0 spiro atoms. The molecule has 1 heterocycles. The van der Waals surface area contributed by atoms with Crippen LogP contribution in [0.4, 0.5) is 5.69 Å². The first-order chi connectivity index (χ1) is 12.8. The van der Waals surface area contributed by atoms with Crippen LogP contribution in [0.2, 0.25) is 5.02 Å². The van der Waals surface area contributed by atoms with E-state index in [1.807, 2.05) is 0 Å². The maximum atomic E-state index is 12.6. The average molecular weight is 397 g/mol. The molecule has 1 aliphatic carbocycles. The number of aliphatic carboxylic acids is 1. The quantitative estimate of drug-likeness (QED) is 0.556. The second-order valence-corrected chi connectivity index (χ2v) is 7.36. The molecule has 0 bridgehead atoms. The van der Waals surface area contributed by atoms with Gasteiger partial charge in [-0.15, -0.1) is 0 Å². The van der Waals surface area contributed by atoms with Crippen molar-refractivity contribution in [3.8, 4) is 5.75 Å². The number of rotatable bonds is 4. The van der Waals surface area contributed by atoms with Gasteiger partial charge in [0.25, 0.3) is 0 Å². The lowest BCUT2D eigenvalue weighted by molar-refractivity contribution is -0.256. The molecule has 0 aromatic heterocycles. The topological polar surface area (TPSA) is 115 Å². The van der Waals surface area contributed by atoms with Crippen LogP contribution in [0.5, 0.6) is 5.75 Å². The first-order valence-corrected chi connectivity index (χ1v) is 9.18. The van der Waals surface area contributed by atoms with Gasteiger partial charge in [0.05, 0.1) is 31.8 Å². The average Bonchev–Trinajstić information content (AvgIpc) is 2.77. The van der Waals surface area contributed by atoms with Gasteiger partial charge >= 0.3 is 5.97 Å². The molecule has 1 aromatic carbocycles. The first kappa shape index (κ1) is 19.6. The van der Waals surface area contributed by atoms with E-state index in [1.54, 1.807) is 13.2 Å². The summed E-state index contributed by atoms with van der Waals surface area (Å²) >= 11 is 6.45. The molecule has 27 heavy (non-hydrogen) atoms. The van der Waals surface area contributed by atoms with E-state index in [9.17, 15) is 14.4 Å². The van der Waals surface area contributed by atoms with Crippen LogP contribution < -0.4 is 10.5 Å². The number of fused-ring (bicyclic) bond motifs is 1. The number of hydrogen-bond donors (Lipinski definition) is 2. The number of carbonyl (C=O) groups excluding carboxylic acids is 2. The molecule has 1 fully saturated rings. The number of amides is 2. The van der Waals surface area contributed by atoms with Gasteiger partial charge in [-0.2, -0.15) is 0 Å². The van der Waals surface area contributed by atoms with Crippen LogP contribution in [0.15, 0.2) is 6.07 Å². The van der Waals surface area contributed by atoms with Gasteiger partial charge in [0.2, 0.25) is 11.8 Å². The Morgan fingerprint density at radius 1 is 1.33 bits per heavy atom. The highest BCUT2D eigenvalue weighted by Crippen LogP contribution is 2.38. The van der Waals surface area contributed by atoms with E-state index in [2.05, 4.69) is 5.73 Å². The Morgan fingerprint density at radius 2 is 2.00 bits per heavy atom. The number of carboxylic acids is 1. The molecule has 3 rings (SSSR count). The van der Waals surface area contributed by atoms with E-state index in [0.29, 0.717) is 29.3 Å². The third-order valence-electron chi connectivity index (χ3n) is 5.11. The van der Waals surface area contributed by atoms with Gasteiger partial charge in [-0.05, 0) is 31.2 Å². The Bertz CT molecular complexity index is 780. The molecule has 2 aliphatic rings. The van der Waals surface area contributed by atoms with Gasteiger partial charge in [-0.1, -0.05) is 11.6 Å². The lowest BCUT2D eigenvalue weighted by Gasteiger charge is -2.36. The monoisotopic (exact) mass is 396 g/mol. The van der Waals surface area contributed by atoms with Gasteiger partial charge in [0.15, 0.2) is 11.4 Å². The van der Waals surface area contributed by atoms with Gasteiger partial charge < -0.3 is 15.6 Å². The molecule has 1 aromatic rings. The molecule has 2 amide bonds. The third kappa shape index (κ3) is 3.92. The highest BCUT2D eigenvalue weighted by molar-refractivity contribution is 6.31. The maximum Gasteiger partial charge on any atom is 0.317 e. The molecule has 0 saturated carbocycles. The van der Waals surface area contributed by atoms with E-state index in [0.717, 1.165) is 24.0 Å². The normalized spacial score (nSPS) is 21.0.